The van der Waals surface area contributed by atoms with Crippen LogP contribution in [0.2, 0.25) is 5.02 Å². The number of nitrogens with zero attached hydrogens (tertiary/aromatic N) is 5. The number of aromatic nitrogens is 3. The van der Waals surface area contributed by atoms with Crippen LogP contribution in [-0.2, 0) is 11.8 Å². The highest BCUT2D eigenvalue weighted by Gasteiger charge is 2.31. The Kier molecular flexibility index (Phi) is 6.53. The van der Waals surface area contributed by atoms with Crippen LogP contribution in [-0.4, -0.2) is 68.8 Å². The van der Waals surface area contributed by atoms with Crippen LogP contribution in [0.4, 0.5) is 4.79 Å². The number of piperazine rings is 1. The first-order valence-corrected chi connectivity index (χ1v) is 12.5. The van der Waals surface area contributed by atoms with E-state index in [1.165, 1.54) is 0 Å². The lowest BCUT2D eigenvalue weighted by Gasteiger charge is -2.39. The number of ether oxygens (including phenoxy) is 1. The first-order chi connectivity index (χ1) is 17.4. The van der Waals surface area contributed by atoms with Crippen LogP contribution in [0.3, 0.4) is 0 Å². The van der Waals surface area contributed by atoms with Gasteiger partial charge in [0.15, 0.2) is 0 Å². The first-order valence-electron chi connectivity index (χ1n) is 12.1. The third-order valence-electron chi connectivity index (χ3n) is 6.63. The Hall–Kier alpha value is -3.65. The maximum atomic E-state index is 13.3. The maximum Gasteiger partial charge on any atom is 0.410 e. The van der Waals surface area contributed by atoms with Crippen molar-refractivity contribution in [1.29, 1.82) is 0 Å². The van der Waals surface area contributed by atoms with Crippen molar-refractivity contribution in [3.05, 3.63) is 59.2 Å². The first kappa shape index (κ1) is 24.1. The van der Waals surface area contributed by atoms with Crippen LogP contribution in [0.5, 0.6) is 0 Å². The number of benzene rings is 2. The summed E-state index contributed by atoms with van der Waals surface area (Å²) in [6.07, 6.45) is 2.28. The molecule has 1 fully saturated rings. The molecule has 0 saturated carbocycles. The van der Waals surface area contributed by atoms with Gasteiger partial charge in [0.25, 0.3) is 5.91 Å². The summed E-state index contributed by atoms with van der Waals surface area (Å²) in [6, 6.07) is 13.2. The summed E-state index contributed by atoms with van der Waals surface area (Å²) in [5.74, 6) is -0.0922. The molecule has 186 valence electrons. The second-order valence-electron chi connectivity index (χ2n) is 9.17. The summed E-state index contributed by atoms with van der Waals surface area (Å²) < 4.78 is 7.10. The number of carbonyl (C=O) groups is 2. The van der Waals surface area contributed by atoms with Gasteiger partial charge in [0, 0.05) is 54.6 Å². The molecule has 9 heteroatoms. The zero-order chi connectivity index (χ0) is 25.4. The topological polar surface area (TPSA) is 80.6 Å². The highest BCUT2D eigenvalue weighted by molar-refractivity contribution is 6.35. The molecule has 0 bridgehead atoms. The van der Waals surface area contributed by atoms with E-state index >= 15 is 0 Å². The maximum absolute atomic E-state index is 13.3. The van der Waals surface area contributed by atoms with E-state index in [2.05, 4.69) is 5.10 Å². The lowest BCUT2D eigenvalue weighted by atomic mass is 10.1. The molecule has 1 saturated heterocycles. The van der Waals surface area contributed by atoms with E-state index in [0.717, 1.165) is 34.0 Å². The van der Waals surface area contributed by atoms with Gasteiger partial charge in [0.05, 0.1) is 34.6 Å². The van der Waals surface area contributed by atoms with E-state index < -0.39 is 0 Å². The zero-order valence-corrected chi connectivity index (χ0v) is 21.3. The second kappa shape index (κ2) is 9.78. The number of halogens is 1. The van der Waals surface area contributed by atoms with E-state index in [4.69, 9.17) is 21.3 Å². The lowest BCUT2D eigenvalue weighted by Crippen LogP contribution is -2.55. The summed E-state index contributed by atoms with van der Waals surface area (Å²) in [5, 5.41) is 6.69. The monoisotopic (exact) mass is 505 g/mol. The molecule has 2 aromatic heterocycles. The summed E-state index contributed by atoms with van der Waals surface area (Å²) in [4.78, 5) is 33.9. The van der Waals surface area contributed by atoms with Gasteiger partial charge in [-0.3, -0.25) is 9.48 Å². The lowest BCUT2D eigenvalue weighted by molar-refractivity contribution is 0.0412. The van der Waals surface area contributed by atoms with Gasteiger partial charge in [-0.1, -0.05) is 30.7 Å². The van der Waals surface area contributed by atoms with Gasteiger partial charge in [0.1, 0.15) is 0 Å². The fraction of sp³-hybridized carbons (Fsp3) is 0.333. The number of fused-ring (bicyclic) bond motifs is 2. The van der Waals surface area contributed by atoms with Crippen LogP contribution in [0.25, 0.3) is 33.1 Å². The van der Waals surface area contributed by atoms with E-state index in [1.54, 1.807) is 21.9 Å². The Bertz CT molecular complexity index is 1470. The highest BCUT2D eigenvalue weighted by atomic mass is 35.5. The van der Waals surface area contributed by atoms with Gasteiger partial charge < -0.3 is 14.5 Å². The van der Waals surface area contributed by atoms with Crippen LogP contribution < -0.4 is 0 Å². The smallest absolute Gasteiger partial charge is 0.410 e. The number of hydrogen-bond acceptors (Lipinski definition) is 5. The van der Waals surface area contributed by atoms with E-state index in [9.17, 15) is 9.59 Å². The SMILES string of the molecule is CCCOC(=O)N1CCN(C(=O)c2ccc3c(Cl)cc(-c4ccc5c(cnn5C)c4)nc3c2)CC1C. The minimum Gasteiger partial charge on any atom is -0.449 e. The molecule has 2 aromatic carbocycles. The van der Waals surface area contributed by atoms with Crippen molar-refractivity contribution in [2.45, 2.75) is 26.3 Å². The molecule has 0 spiro atoms. The minimum absolute atomic E-state index is 0.0922. The van der Waals surface area contributed by atoms with Crippen LogP contribution >= 0.6 is 11.6 Å². The van der Waals surface area contributed by atoms with Crippen molar-refractivity contribution in [2.24, 2.45) is 7.05 Å². The second-order valence-corrected chi connectivity index (χ2v) is 9.58. The van der Waals surface area contributed by atoms with Crippen molar-refractivity contribution in [3.63, 3.8) is 0 Å². The van der Waals surface area contributed by atoms with Crippen LogP contribution in [0.15, 0.2) is 48.7 Å². The average Bonchev–Trinajstić information content (AvgIpc) is 3.26. The van der Waals surface area contributed by atoms with Crippen molar-refractivity contribution in [2.75, 3.05) is 26.2 Å². The van der Waals surface area contributed by atoms with Crippen molar-refractivity contribution < 1.29 is 14.3 Å². The Labute approximate surface area is 214 Å². The molecule has 0 radical (unpaired) electrons. The van der Waals surface area contributed by atoms with Crippen LogP contribution in [0, 0.1) is 0 Å². The number of aryl methyl sites for hydroxylation is 1. The molecule has 2 amide bonds. The average molecular weight is 506 g/mol. The molecular formula is C27H28ClN5O3. The standard InChI is InChI=1S/C27H28ClN5O3/c1-4-11-36-27(35)33-10-9-32(16-17(33)2)26(34)19-5-7-21-22(28)14-23(30-24(21)13-19)18-6-8-25-20(12-18)15-29-31(25)3/h5-8,12-15,17H,4,9-11,16H2,1-3H3. The summed E-state index contributed by atoms with van der Waals surface area (Å²) in [5.41, 5.74) is 3.89. The molecule has 3 heterocycles. The molecule has 36 heavy (non-hydrogen) atoms. The zero-order valence-electron chi connectivity index (χ0n) is 20.6. The van der Waals surface area contributed by atoms with Gasteiger partial charge in [-0.25, -0.2) is 9.78 Å². The summed E-state index contributed by atoms with van der Waals surface area (Å²) in [7, 11) is 1.91. The predicted molar refractivity (Wildman–Crippen MR) is 140 cm³/mol. The van der Waals surface area contributed by atoms with Gasteiger partial charge in [-0.05, 0) is 43.7 Å². The summed E-state index contributed by atoms with van der Waals surface area (Å²) in [6.45, 7) is 5.61. The normalized spacial score (nSPS) is 16.1. The molecule has 8 nitrogen and oxygen atoms in total. The van der Waals surface area contributed by atoms with Crippen molar-refractivity contribution in [1.82, 2.24) is 24.6 Å². The third kappa shape index (κ3) is 4.48. The highest BCUT2D eigenvalue weighted by Crippen LogP contribution is 2.30. The molecule has 1 aliphatic heterocycles. The number of amides is 2. The van der Waals surface area contributed by atoms with E-state index in [-0.39, 0.29) is 18.0 Å². The fourth-order valence-electron chi connectivity index (χ4n) is 4.66. The number of pyridine rings is 1. The molecule has 1 unspecified atom stereocenters. The summed E-state index contributed by atoms with van der Waals surface area (Å²) >= 11 is 6.61. The fourth-order valence-corrected chi connectivity index (χ4v) is 4.92. The molecule has 5 rings (SSSR count). The Morgan fingerprint density at radius 2 is 1.97 bits per heavy atom. The van der Waals surface area contributed by atoms with Gasteiger partial charge in [-0.2, -0.15) is 5.10 Å². The Balaban J connectivity index is 1.39. The van der Waals surface area contributed by atoms with E-state index in [1.807, 2.05) is 62.1 Å². The predicted octanol–water partition coefficient (Wildman–Crippen LogP) is 5.13. The minimum atomic E-state index is -0.321. The van der Waals surface area contributed by atoms with Gasteiger partial charge in [-0.15, -0.1) is 0 Å². The third-order valence-corrected chi connectivity index (χ3v) is 6.94. The molecule has 1 aliphatic rings. The largest absolute Gasteiger partial charge is 0.449 e. The molecule has 4 aromatic rings. The van der Waals surface area contributed by atoms with Crippen LogP contribution in [0.1, 0.15) is 30.6 Å². The van der Waals surface area contributed by atoms with Crippen molar-refractivity contribution in [3.8, 4) is 11.3 Å². The Morgan fingerprint density at radius 3 is 2.75 bits per heavy atom. The van der Waals surface area contributed by atoms with Gasteiger partial charge in [0.2, 0.25) is 0 Å². The van der Waals surface area contributed by atoms with Crippen molar-refractivity contribution >= 4 is 45.4 Å². The van der Waals surface area contributed by atoms with E-state index in [0.29, 0.717) is 42.3 Å². The number of carbonyl (C=O) groups excluding carboxylic acids is 2. The Morgan fingerprint density at radius 1 is 1.14 bits per heavy atom. The molecule has 0 aliphatic carbocycles. The number of rotatable bonds is 4. The number of hydrogen-bond donors (Lipinski definition) is 0. The molecule has 0 N–H and O–H groups in total. The molecule has 1 atom stereocenters. The molecular weight excluding hydrogens is 478 g/mol. The van der Waals surface area contributed by atoms with Gasteiger partial charge >= 0.3 is 6.09 Å². The quantitative estimate of drug-likeness (QED) is 0.384.